The van der Waals surface area contributed by atoms with Crippen molar-refractivity contribution in [2.75, 3.05) is 0 Å². The summed E-state index contributed by atoms with van der Waals surface area (Å²) >= 11 is 0. The topological polar surface area (TPSA) is 48.5 Å². The second-order valence-electron chi connectivity index (χ2n) is 4.47. The first-order valence-corrected chi connectivity index (χ1v) is 6.29. The lowest BCUT2D eigenvalue weighted by atomic mass is 10.2. The zero-order chi connectivity index (χ0) is 11.7. The molecule has 1 aliphatic rings. The molecule has 2 aromatic rings. The van der Waals surface area contributed by atoms with Crippen LogP contribution in [0.15, 0.2) is 12.4 Å². The summed E-state index contributed by atoms with van der Waals surface area (Å²) in [4.78, 5) is 4.33. The molecule has 5 heteroatoms. The maximum atomic E-state index is 4.33. The van der Waals surface area contributed by atoms with Gasteiger partial charge in [0.1, 0.15) is 11.6 Å². The van der Waals surface area contributed by atoms with E-state index in [1.165, 1.54) is 12.8 Å². The highest BCUT2D eigenvalue weighted by atomic mass is 15.3. The van der Waals surface area contributed by atoms with Crippen LogP contribution in [-0.2, 0) is 25.9 Å². The van der Waals surface area contributed by atoms with Gasteiger partial charge in [-0.3, -0.25) is 0 Å². The molecule has 0 atom stereocenters. The molecular weight excluding hydrogens is 214 g/mol. The lowest BCUT2D eigenvalue weighted by molar-refractivity contribution is 0.500. The smallest absolute Gasteiger partial charge is 0.153 e. The predicted molar refractivity (Wildman–Crippen MR) is 63.7 cm³/mol. The van der Waals surface area contributed by atoms with E-state index in [-0.39, 0.29) is 0 Å². The molecule has 3 rings (SSSR count). The molecule has 90 valence electrons. The fraction of sp³-hybridized carbons (Fsp3) is 0.583. The van der Waals surface area contributed by atoms with Crippen LogP contribution >= 0.6 is 0 Å². The molecule has 1 aliphatic heterocycles. The van der Waals surface area contributed by atoms with Crippen molar-refractivity contribution in [3.63, 3.8) is 0 Å². The Hall–Kier alpha value is -1.65. The first kappa shape index (κ1) is 10.5. The monoisotopic (exact) mass is 231 g/mol. The van der Waals surface area contributed by atoms with Gasteiger partial charge in [-0.05, 0) is 12.8 Å². The molecule has 0 N–H and O–H groups in total. The van der Waals surface area contributed by atoms with Gasteiger partial charge in [0.05, 0.1) is 6.54 Å². The lowest BCUT2D eigenvalue weighted by Gasteiger charge is -2.15. The summed E-state index contributed by atoms with van der Waals surface area (Å²) in [5.74, 6) is 3.31. The normalized spacial score (nSPS) is 14.9. The van der Waals surface area contributed by atoms with Crippen LogP contribution in [0, 0.1) is 0 Å². The molecule has 0 amide bonds. The van der Waals surface area contributed by atoms with Crippen molar-refractivity contribution < 1.29 is 0 Å². The van der Waals surface area contributed by atoms with Crippen LogP contribution in [0.2, 0.25) is 0 Å². The number of hydrogen-bond donors (Lipinski definition) is 0. The summed E-state index contributed by atoms with van der Waals surface area (Å²) in [5.41, 5.74) is 0. The van der Waals surface area contributed by atoms with E-state index in [0.717, 1.165) is 43.4 Å². The van der Waals surface area contributed by atoms with Gasteiger partial charge in [-0.1, -0.05) is 6.92 Å². The Morgan fingerprint density at radius 3 is 3.06 bits per heavy atom. The van der Waals surface area contributed by atoms with Crippen LogP contribution in [0.25, 0.3) is 0 Å². The van der Waals surface area contributed by atoms with Crippen LogP contribution in [0.5, 0.6) is 0 Å². The van der Waals surface area contributed by atoms with Crippen molar-refractivity contribution in [2.45, 2.75) is 45.7 Å². The van der Waals surface area contributed by atoms with Crippen LogP contribution in [-0.4, -0.2) is 24.3 Å². The Bertz CT molecular complexity index is 511. The van der Waals surface area contributed by atoms with Crippen molar-refractivity contribution in [1.29, 1.82) is 0 Å². The summed E-state index contributed by atoms with van der Waals surface area (Å²) in [6.45, 7) is 3.97. The third-order valence-electron chi connectivity index (χ3n) is 3.37. The van der Waals surface area contributed by atoms with Crippen molar-refractivity contribution in [2.24, 2.45) is 0 Å². The van der Waals surface area contributed by atoms with Crippen LogP contribution < -0.4 is 0 Å². The number of imidazole rings is 1. The summed E-state index contributed by atoms with van der Waals surface area (Å²) < 4.78 is 4.43. The van der Waals surface area contributed by atoms with Crippen LogP contribution in [0.1, 0.15) is 37.2 Å². The molecular formula is C12H17N5. The molecule has 3 heterocycles. The molecule has 0 bridgehead atoms. The summed E-state index contributed by atoms with van der Waals surface area (Å²) in [6, 6.07) is 0. The van der Waals surface area contributed by atoms with E-state index in [2.05, 4.69) is 31.2 Å². The van der Waals surface area contributed by atoms with Crippen molar-refractivity contribution in [3.8, 4) is 0 Å². The number of aryl methyl sites for hydroxylation is 2. The van der Waals surface area contributed by atoms with E-state index in [1.807, 2.05) is 12.4 Å². The summed E-state index contributed by atoms with van der Waals surface area (Å²) in [6.07, 6.45) is 8.37. The molecule has 2 aromatic heterocycles. The molecule has 0 unspecified atom stereocenters. The van der Waals surface area contributed by atoms with Gasteiger partial charge in [-0.2, -0.15) is 0 Å². The van der Waals surface area contributed by atoms with Crippen molar-refractivity contribution >= 4 is 0 Å². The molecule has 0 saturated heterocycles. The van der Waals surface area contributed by atoms with Gasteiger partial charge in [-0.15, -0.1) is 10.2 Å². The van der Waals surface area contributed by atoms with Gasteiger partial charge in [0, 0.05) is 31.8 Å². The fourth-order valence-electron chi connectivity index (χ4n) is 2.44. The average molecular weight is 231 g/mol. The number of aromatic nitrogens is 5. The fourth-order valence-corrected chi connectivity index (χ4v) is 2.44. The number of rotatable bonds is 3. The lowest BCUT2D eigenvalue weighted by Crippen LogP contribution is -2.15. The van der Waals surface area contributed by atoms with E-state index in [4.69, 9.17) is 0 Å². The molecule has 0 aromatic carbocycles. The zero-order valence-electron chi connectivity index (χ0n) is 10.1. The zero-order valence-corrected chi connectivity index (χ0v) is 10.1. The SMILES string of the molecule is CCc1nccn1Cc1nnc2n1CCCC2. The van der Waals surface area contributed by atoms with E-state index in [9.17, 15) is 0 Å². The standard InChI is InChI=1S/C12H17N5/c1-2-10-13-6-8-16(10)9-12-15-14-11-5-3-4-7-17(11)12/h6,8H,2-5,7,9H2,1H3. The van der Waals surface area contributed by atoms with E-state index in [0.29, 0.717) is 0 Å². The van der Waals surface area contributed by atoms with Gasteiger partial charge < -0.3 is 9.13 Å². The first-order chi connectivity index (χ1) is 8.38. The molecule has 0 radical (unpaired) electrons. The second kappa shape index (κ2) is 4.31. The Morgan fingerprint density at radius 1 is 1.24 bits per heavy atom. The Balaban J connectivity index is 1.88. The Morgan fingerprint density at radius 2 is 2.18 bits per heavy atom. The van der Waals surface area contributed by atoms with Crippen LogP contribution in [0.3, 0.4) is 0 Å². The first-order valence-electron chi connectivity index (χ1n) is 6.29. The Labute approximate surface area is 101 Å². The molecule has 0 spiro atoms. The summed E-state index contributed by atoms with van der Waals surface area (Å²) in [7, 11) is 0. The highest BCUT2D eigenvalue weighted by Crippen LogP contribution is 2.15. The maximum absolute atomic E-state index is 4.33. The molecule has 17 heavy (non-hydrogen) atoms. The number of hydrogen-bond acceptors (Lipinski definition) is 3. The minimum Gasteiger partial charge on any atom is -0.327 e. The number of nitrogens with zero attached hydrogens (tertiary/aromatic N) is 5. The van der Waals surface area contributed by atoms with E-state index >= 15 is 0 Å². The van der Waals surface area contributed by atoms with Crippen molar-refractivity contribution in [3.05, 3.63) is 29.9 Å². The molecule has 0 fully saturated rings. The largest absolute Gasteiger partial charge is 0.327 e. The average Bonchev–Trinajstić information content (AvgIpc) is 2.97. The maximum Gasteiger partial charge on any atom is 0.153 e. The van der Waals surface area contributed by atoms with E-state index in [1.54, 1.807) is 0 Å². The number of fused-ring (bicyclic) bond motifs is 1. The van der Waals surface area contributed by atoms with E-state index < -0.39 is 0 Å². The molecule has 0 aliphatic carbocycles. The predicted octanol–water partition coefficient (Wildman–Crippen LogP) is 1.42. The highest BCUT2D eigenvalue weighted by Gasteiger charge is 2.16. The molecule has 5 nitrogen and oxygen atoms in total. The van der Waals surface area contributed by atoms with Gasteiger partial charge >= 0.3 is 0 Å². The minimum absolute atomic E-state index is 0.788. The third kappa shape index (κ3) is 1.85. The molecule has 0 saturated carbocycles. The minimum atomic E-state index is 0.788. The van der Waals surface area contributed by atoms with Gasteiger partial charge in [0.25, 0.3) is 0 Å². The van der Waals surface area contributed by atoms with Gasteiger partial charge in [-0.25, -0.2) is 4.98 Å². The van der Waals surface area contributed by atoms with Crippen molar-refractivity contribution in [1.82, 2.24) is 24.3 Å². The van der Waals surface area contributed by atoms with Crippen LogP contribution in [0.4, 0.5) is 0 Å². The third-order valence-corrected chi connectivity index (χ3v) is 3.37. The van der Waals surface area contributed by atoms with Gasteiger partial charge in [0.2, 0.25) is 0 Å². The quantitative estimate of drug-likeness (QED) is 0.802. The highest BCUT2D eigenvalue weighted by molar-refractivity contribution is 5.02. The Kier molecular flexibility index (Phi) is 2.66. The summed E-state index contributed by atoms with van der Waals surface area (Å²) in [5, 5.41) is 8.58. The van der Waals surface area contributed by atoms with Gasteiger partial charge in [0.15, 0.2) is 5.82 Å². The second-order valence-corrected chi connectivity index (χ2v) is 4.47.